The van der Waals surface area contributed by atoms with Crippen molar-refractivity contribution in [3.05, 3.63) is 0 Å². The van der Waals surface area contributed by atoms with Crippen molar-refractivity contribution in [1.82, 2.24) is 5.32 Å². The maximum atomic E-state index is 5.23. The summed E-state index contributed by atoms with van der Waals surface area (Å²) in [5, 5.41) is 3.43. The minimum Gasteiger partial charge on any atom is -0.380 e. The SMILES string of the molecule is CO[C@H]1CN[C@H](C(C)C)C1. The van der Waals surface area contributed by atoms with Crippen LogP contribution in [0.1, 0.15) is 20.3 Å². The molecule has 0 bridgehead atoms. The van der Waals surface area contributed by atoms with Gasteiger partial charge in [-0.15, -0.1) is 0 Å². The summed E-state index contributed by atoms with van der Waals surface area (Å²) in [6.45, 7) is 5.52. The molecule has 1 N–H and O–H groups in total. The molecule has 0 aromatic heterocycles. The molecule has 0 spiro atoms. The number of hydrogen-bond acceptors (Lipinski definition) is 2. The van der Waals surface area contributed by atoms with Crippen LogP contribution in [0.4, 0.5) is 0 Å². The molecule has 0 radical (unpaired) electrons. The lowest BCUT2D eigenvalue weighted by atomic mass is 10.0. The largest absolute Gasteiger partial charge is 0.380 e. The van der Waals surface area contributed by atoms with E-state index in [-0.39, 0.29) is 0 Å². The fourth-order valence-electron chi connectivity index (χ4n) is 1.42. The molecule has 0 amide bonds. The van der Waals surface area contributed by atoms with Crippen LogP contribution in [0.5, 0.6) is 0 Å². The van der Waals surface area contributed by atoms with Gasteiger partial charge in [-0.2, -0.15) is 0 Å². The fourth-order valence-corrected chi connectivity index (χ4v) is 1.42. The Bertz CT molecular complexity index is 103. The molecule has 1 fully saturated rings. The highest BCUT2D eigenvalue weighted by molar-refractivity contribution is 4.83. The van der Waals surface area contributed by atoms with E-state index in [1.807, 2.05) is 0 Å². The van der Waals surface area contributed by atoms with Crippen molar-refractivity contribution >= 4 is 0 Å². The predicted octanol–water partition coefficient (Wildman–Crippen LogP) is 1.02. The Labute approximate surface area is 63.0 Å². The van der Waals surface area contributed by atoms with Crippen LogP contribution in [0.25, 0.3) is 0 Å². The quantitative estimate of drug-likeness (QED) is 0.623. The Morgan fingerprint density at radius 1 is 1.50 bits per heavy atom. The van der Waals surface area contributed by atoms with Crippen LogP contribution >= 0.6 is 0 Å². The predicted molar refractivity (Wildman–Crippen MR) is 42.0 cm³/mol. The monoisotopic (exact) mass is 143 g/mol. The van der Waals surface area contributed by atoms with E-state index in [1.54, 1.807) is 7.11 Å². The highest BCUT2D eigenvalue weighted by atomic mass is 16.5. The Morgan fingerprint density at radius 2 is 2.20 bits per heavy atom. The maximum absolute atomic E-state index is 5.23. The first kappa shape index (κ1) is 8.02. The molecule has 1 rings (SSSR count). The van der Waals surface area contributed by atoms with E-state index in [0.717, 1.165) is 12.5 Å². The highest BCUT2D eigenvalue weighted by Crippen LogP contribution is 2.15. The van der Waals surface area contributed by atoms with Gasteiger partial charge in [-0.25, -0.2) is 0 Å². The standard InChI is InChI=1S/C8H17NO/c1-6(2)8-4-7(10-3)5-9-8/h6-9H,4-5H2,1-3H3/t7-,8+/m1/s1. The Balaban J connectivity index is 2.28. The van der Waals surface area contributed by atoms with Gasteiger partial charge in [0.15, 0.2) is 0 Å². The van der Waals surface area contributed by atoms with Crippen molar-refractivity contribution < 1.29 is 4.74 Å². The van der Waals surface area contributed by atoms with Gasteiger partial charge in [-0.1, -0.05) is 13.8 Å². The molecule has 1 aliphatic heterocycles. The molecular formula is C8H17NO. The molecule has 1 saturated heterocycles. The molecule has 1 aliphatic rings. The van der Waals surface area contributed by atoms with E-state index in [0.29, 0.717) is 12.1 Å². The fraction of sp³-hybridized carbons (Fsp3) is 1.00. The minimum atomic E-state index is 0.451. The van der Waals surface area contributed by atoms with Crippen molar-refractivity contribution in [1.29, 1.82) is 0 Å². The molecule has 2 nitrogen and oxygen atoms in total. The van der Waals surface area contributed by atoms with Gasteiger partial charge < -0.3 is 10.1 Å². The maximum Gasteiger partial charge on any atom is 0.0710 e. The van der Waals surface area contributed by atoms with Crippen LogP contribution in [0.2, 0.25) is 0 Å². The summed E-state index contributed by atoms with van der Waals surface area (Å²) in [5.74, 6) is 0.736. The molecule has 0 aromatic carbocycles. The Morgan fingerprint density at radius 3 is 2.50 bits per heavy atom. The molecule has 0 saturated carbocycles. The van der Waals surface area contributed by atoms with Crippen LogP contribution in [-0.2, 0) is 4.74 Å². The molecule has 2 atom stereocenters. The second kappa shape index (κ2) is 3.35. The number of nitrogens with one attached hydrogen (secondary N) is 1. The molecule has 0 aromatic rings. The first-order valence-electron chi connectivity index (χ1n) is 4.00. The van der Waals surface area contributed by atoms with Gasteiger partial charge in [0.05, 0.1) is 6.10 Å². The van der Waals surface area contributed by atoms with Crippen LogP contribution in [0, 0.1) is 5.92 Å². The second-order valence-electron chi connectivity index (χ2n) is 3.35. The molecule has 60 valence electrons. The molecule has 2 heteroatoms. The lowest BCUT2D eigenvalue weighted by Gasteiger charge is -2.13. The van der Waals surface area contributed by atoms with Crippen molar-refractivity contribution in [2.24, 2.45) is 5.92 Å². The molecule has 0 unspecified atom stereocenters. The normalized spacial score (nSPS) is 33.6. The third-order valence-corrected chi connectivity index (χ3v) is 2.26. The van der Waals surface area contributed by atoms with E-state index in [1.165, 1.54) is 6.42 Å². The average molecular weight is 143 g/mol. The summed E-state index contributed by atoms with van der Waals surface area (Å²) >= 11 is 0. The number of methoxy groups -OCH3 is 1. The summed E-state index contributed by atoms with van der Waals surface area (Å²) in [5.41, 5.74) is 0. The third kappa shape index (κ3) is 1.70. The second-order valence-corrected chi connectivity index (χ2v) is 3.35. The van der Waals surface area contributed by atoms with E-state index in [4.69, 9.17) is 4.74 Å². The topological polar surface area (TPSA) is 21.3 Å². The third-order valence-electron chi connectivity index (χ3n) is 2.26. The van der Waals surface area contributed by atoms with E-state index in [2.05, 4.69) is 19.2 Å². The molecular weight excluding hydrogens is 126 g/mol. The van der Waals surface area contributed by atoms with Crippen LogP contribution in [0.15, 0.2) is 0 Å². The highest BCUT2D eigenvalue weighted by Gasteiger charge is 2.25. The van der Waals surface area contributed by atoms with Gasteiger partial charge in [0.1, 0.15) is 0 Å². The zero-order valence-electron chi connectivity index (χ0n) is 7.05. The van der Waals surface area contributed by atoms with Crippen LogP contribution < -0.4 is 5.32 Å². The zero-order valence-corrected chi connectivity index (χ0v) is 7.05. The van der Waals surface area contributed by atoms with Gasteiger partial charge in [0.2, 0.25) is 0 Å². The van der Waals surface area contributed by atoms with Gasteiger partial charge in [-0.05, 0) is 12.3 Å². The number of hydrogen-bond donors (Lipinski definition) is 1. The smallest absolute Gasteiger partial charge is 0.0710 e. The van der Waals surface area contributed by atoms with Gasteiger partial charge in [0.25, 0.3) is 0 Å². The van der Waals surface area contributed by atoms with Crippen LogP contribution in [0.3, 0.4) is 0 Å². The summed E-state index contributed by atoms with van der Waals surface area (Å²) in [6, 6.07) is 0.671. The molecule has 1 heterocycles. The first-order valence-corrected chi connectivity index (χ1v) is 4.00. The molecule has 0 aliphatic carbocycles. The van der Waals surface area contributed by atoms with Crippen molar-refractivity contribution in [2.45, 2.75) is 32.4 Å². The average Bonchev–Trinajstić information content (AvgIpc) is 2.34. The Hall–Kier alpha value is -0.0800. The zero-order chi connectivity index (χ0) is 7.56. The molecule has 10 heavy (non-hydrogen) atoms. The van der Waals surface area contributed by atoms with E-state index < -0.39 is 0 Å². The van der Waals surface area contributed by atoms with E-state index in [9.17, 15) is 0 Å². The summed E-state index contributed by atoms with van der Waals surface area (Å²) in [7, 11) is 1.79. The van der Waals surface area contributed by atoms with E-state index >= 15 is 0 Å². The summed E-state index contributed by atoms with van der Waals surface area (Å²) < 4.78 is 5.23. The van der Waals surface area contributed by atoms with Gasteiger partial charge in [0, 0.05) is 19.7 Å². The first-order chi connectivity index (χ1) is 4.74. The van der Waals surface area contributed by atoms with Gasteiger partial charge in [-0.3, -0.25) is 0 Å². The number of rotatable bonds is 2. The van der Waals surface area contributed by atoms with Crippen molar-refractivity contribution in [2.75, 3.05) is 13.7 Å². The summed E-state index contributed by atoms with van der Waals surface area (Å²) in [4.78, 5) is 0. The van der Waals surface area contributed by atoms with Crippen LogP contribution in [-0.4, -0.2) is 25.8 Å². The Kier molecular flexibility index (Phi) is 2.69. The number of ether oxygens (including phenoxy) is 1. The lowest BCUT2D eigenvalue weighted by Crippen LogP contribution is -2.26. The van der Waals surface area contributed by atoms with Gasteiger partial charge >= 0.3 is 0 Å². The minimum absolute atomic E-state index is 0.451. The summed E-state index contributed by atoms with van der Waals surface area (Å²) in [6.07, 6.45) is 1.63. The van der Waals surface area contributed by atoms with Crippen molar-refractivity contribution in [3.8, 4) is 0 Å². The lowest BCUT2D eigenvalue weighted by molar-refractivity contribution is 0.116. The van der Waals surface area contributed by atoms with Crippen molar-refractivity contribution in [3.63, 3.8) is 0 Å².